The average Bonchev–Trinajstić information content (AvgIpc) is 2.27. The van der Waals surface area contributed by atoms with Crippen LogP contribution >= 0.6 is 0 Å². The second-order valence-electron chi connectivity index (χ2n) is 4.13. The number of benzene rings is 1. The van der Waals surface area contributed by atoms with Crippen LogP contribution < -0.4 is 0 Å². The van der Waals surface area contributed by atoms with Crippen molar-refractivity contribution in [3.8, 4) is 0 Å². The Bertz CT molecular complexity index is 332. The molecule has 0 spiro atoms. The Hall–Kier alpha value is -1.35. The zero-order valence-corrected chi connectivity index (χ0v) is 9.88. The van der Waals surface area contributed by atoms with E-state index in [4.69, 9.17) is 4.74 Å². The Kier molecular flexibility index (Phi) is 4.50. The molecule has 0 aliphatic carbocycles. The molecule has 0 saturated carbocycles. The number of esters is 1. The first-order valence-electron chi connectivity index (χ1n) is 5.46. The minimum Gasteiger partial charge on any atom is -0.463 e. The van der Waals surface area contributed by atoms with Gasteiger partial charge < -0.3 is 9.84 Å². The van der Waals surface area contributed by atoms with E-state index in [0.29, 0.717) is 0 Å². The van der Waals surface area contributed by atoms with Gasteiger partial charge in [-0.05, 0) is 26.3 Å². The van der Waals surface area contributed by atoms with E-state index in [0.717, 1.165) is 5.56 Å². The van der Waals surface area contributed by atoms with Crippen LogP contribution in [-0.2, 0) is 9.53 Å². The fourth-order valence-electron chi connectivity index (χ4n) is 1.41. The van der Waals surface area contributed by atoms with Crippen molar-refractivity contribution in [1.82, 2.24) is 0 Å². The Labute approximate surface area is 96.1 Å². The lowest BCUT2D eigenvalue weighted by Gasteiger charge is -2.19. The lowest BCUT2D eigenvalue weighted by molar-refractivity contribution is -0.155. The first-order chi connectivity index (χ1) is 7.52. The number of aliphatic hydroxyl groups is 1. The van der Waals surface area contributed by atoms with Crippen molar-refractivity contribution in [3.63, 3.8) is 0 Å². The SMILES string of the molecule is CC(C)OC(=O)C(C)C(O)c1ccccc1. The fourth-order valence-corrected chi connectivity index (χ4v) is 1.41. The molecular formula is C13H18O3. The van der Waals surface area contributed by atoms with Crippen LogP contribution in [0.2, 0.25) is 0 Å². The van der Waals surface area contributed by atoms with Crippen molar-refractivity contribution in [1.29, 1.82) is 0 Å². The predicted molar refractivity (Wildman–Crippen MR) is 61.8 cm³/mol. The Morgan fingerprint density at radius 2 is 1.75 bits per heavy atom. The monoisotopic (exact) mass is 222 g/mol. The topological polar surface area (TPSA) is 46.5 Å². The number of rotatable bonds is 4. The number of ether oxygens (including phenoxy) is 1. The normalized spacial score (nSPS) is 14.6. The van der Waals surface area contributed by atoms with E-state index in [2.05, 4.69) is 0 Å². The highest BCUT2D eigenvalue weighted by atomic mass is 16.5. The van der Waals surface area contributed by atoms with Gasteiger partial charge >= 0.3 is 5.97 Å². The van der Waals surface area contributed by atoms with Gasteiger partial charge in [0.2, 0.25) is 0 Å². The third-order valence-corrected chi connectivity index (χ3v) is 2.34. The van der Waals surface area contributed by atoms with Gasteiger partial charge in [-0.15, -0.1) is 0 Å². The molecule has 1 aromatic rings. The van der Waals surface area contributed by atoms with Crippen LogP contribution in [0, 0.1) is 5.92 Å². The minimum absolute atomic E-state index is 0.155. The van der Waals surface area contributed by atoms with Crippen LogP contribution in [0.15, 0.2) is 30.3 Å². The molecule has 3 heteroatoms. The fraction of sp³-hybridized carbons (Fsp3) is 0.462. The van der Waals surface area contributed by atoms with Gasteiger partial charge in [-0.25, -0.2) is 0 Å². The molecule has 2 unspecified atom stereocenters. The Balaban J connectivity index is 2.67. The van der Waals surface area contributed by atoms with Gasteiger partial charge in [0.1, 0.15) is 0 Å². The van der Waals surface area contributed by atoms with Crippen molar-refractivity contribution >= 4 is 5.97 Å². The van der Waals surface area contributed by atoms with Crippen molar-refractivity contribution in [2.75, 3.05) is 0 Å². The number of hydrogen-bond acceptors (Lipinski definition) is 3. The molecule has 0 radical (unpaired) electrons. The van der Waals surface area contributed by atoms with E-state index >= 15 is 0 Å². The van der Waals surface area contributed by atoms with Crippen molar-refractivity contribution in [3.05, 3.63) is 35.9 Å². The molecule has 0 aliphatic rings. The highest BCUT2D eigenvalue weighted by Gasteiger charge is 2.25. The summed E-state index contributed by atoms with van der Waals surface area (Å²) in [6, 6.07) is 9.12. The lowest BCUT2D eigenvalue weighted by atomic mass is 9.98. The van der Waals surface area contributed by atoms with Gasteiger partial charge in [0.25, 0.3) is 0 Å². The number of carbonyl (C=O) groups is 1. The molecule has 1 N–H and O–H groups in total. The summed E-state index contributed by atoms with van der Waals surface area (Å²) >= 11 is 0. The predicted octanol–water partition coefficient (Wildman–Crippen LogP) is 2.31. The molecule has 0 aromatic heterocycles. The second-order valence-corrected chi connectivity index (χ2v) is 4.13. The smallest absolute Gasteiger partial charge is 0.311 e. The minimum atomic E-state index is -0.813. The molecule has 0 saturated heterocycles. The summed E-state index contributed by atoms with van der Waals surface area (Å²) in [4.78, 5) is 11.6. The first-order valence-corrected chi connectivity index (χ1v) is 5.46. The van der Waals surface area contributed by atoms with Crippen LogP contribution in [0.3, 0.4) is 0 Å². The van der Waals surface area contributed by atoms with Crippen LogP contribution in [0.25, 0.3) is 0 Å². The molecule has 0 heterocycles. The van der Waals surface area contributed by atoms with Crippen molar-refractivity contribution in [2.24, 2.45) is 5.92 Å². The van der Waals surface area contributed by atoms with Gasteiger partial charge in [0.15, 0.2) is 0 Å². The summed E-state index contributed by atoms with van der Waals surface area (Å²) in [5.41, 5.74) is 0.732. The summed E-state index contributed by atoms with van der Waals surface area (Å²) in [5, 5.41) is 9.97. The number of aliphatic hydroxyl groups excluding tert-OH is 1. The standard InChI is InChI=1S/C13H18O3/c1-9(2)16-13(15)10(3)12(14)11-7-5-4-6-8-11/h4-10,12,14H,1-3H3. The molecular weight excluding hydrogens is 204 g/mol. The molecule has 0 amide bonds. The van der Waals surface area contributed by atoms with Crippen molar-refractivity contribution < 1.29 is 14.6 Å². The van der Waals surface area contributed by atoms with Crippen LogP contribution in [0.5, 0.6) is 0 Å². The summed E-state index contributed by atoms with van der Waals surface area (Å²) in [5.74, 6) is -0.920. The summed E-state index contributed by atoms with van der Waals surface area (Å²) < 4.78 is 5.06. The zero-order valence-electron chi connectivity index (χ0n) is 9.88. The van der Waals surface area contributed by atoms with E-state index in [1.165, 1.54) is 0 Å². The van der Waals surface area contributed by atoms with E-state index < -0.39 is 12.0 Å². The molecule has 0 aliphatic heterocycles. The van der Waals surface area contributed by atoms with Crippen molar-refractivity contribution in [2.45, 2.75) is 33.0 Å². The molecule has 0 fully saturated rings. The van der Waals surface area contributed by atoms with Crippen LogP contribution in [-0.4, -0.2) is 17.2 Å². The third-order valence-electron chi connectivity index (χ3n) is 2.34. The largest absolute Gasteiger partial charge is 0.463 e. The maximum Gasteiger partial charge on any atom is 0.311 e. The zero-order chi connectivity index (χ0) is 12.1. The highest BCUT2D eigenvalue weighted by Crippen LogP contribution is 2.22. The van der Waals surface area contributed by atoms with Gasteiger partial charge in [-0.2, -0.15) is 0 Å². The summed E-state index contributed by atoms with van der Waals surface area (Å²) in [6.07, 6.45) is -0.967. The lowest BCUT2D eigenvalue weighted by Crippen LogP contribution is -2.24. The molecule has 88 valence electrons. The van der Waals surface area contributed by atoms with Gasteiger partial charge in [0.05, 0.1) is 18.1 Å². The molecule has 3 nitrogen and oxygen atoms in total. The van der Waals surface area contributed by atoms with Gasteiger partial charge in [0, 0.05) is 0 Å². The molecule has 0 bridgehead atoms. The van der Waals surface area contributed by atoms with E-state index in [-0.39, 0.29) is 12.1 Å². The Morgan fingerprint density at radius 3 is 2.25 bits per heavy atom. The van der Waals surface area contributed by atoms with E-state index in [9.17, 15) is 9.90 Å². The molecule has 1 rings (SSSR count). The van der Waals surface area contributed by atoms with E-state index in [1.807, 2.05) is 18.2 Å². The van der Waals surface area contributed by atoms with Gasteiger partial charge in [-0.3, -0.25) is 4.79 Å². The summed E-state index contributed by atoms with van der Waals surface area (Å²) in [6.45, 7) is 5.25. The summed E-state index contributed by atoms with van der Waals surface area (Å²) in [7, 11) is 0. The molecule has 2 atom stereocenters. The molecule has 16 heavy (non-hydrogen) atoms. The second kappa shape index (κ2) is 5.66. The van der Waals surface area contributed by atoms with Crippen LogP contribution in [0.4, 0.5) is 0 Å². The third kappa shape index (κ3) is 3.35. The first kappa shape index (κ1) is 12.7. The molecule has 1 aromatic carbocycles. The van der Waals surface area contributed by atoms with Gasteiger partial charge in [-0.1, -0.05) is 30.3 Å². The number of hydrogen-bond donors (Lipinski definition) is 1. The van der Waals surface area contributed by atoms with Crippen LogP contribution in [0.1, 0.15) is 32.4 Å². The quantitative estimate of drug-likeness (QED) is 0.795. The maximum atomic E-state index is 11.6. The number of carbonyl (C=O) groups excluding carboxylic acids is 1. The highest BCUT2D eigenvalue weighted by molar-refractivity contribution is 5.73. The van der Waals surface area contributed by atoms with E-state index in [1.54, 1.807) is 32.9 Å². The average molecular weight is 222 g/mol. The maximum absolute atomic E-state index is 11.6. The Morgan fingerprint density at radius 1 is 1.19 bits per heavy atom.